The summed E-state index contributed by atoms with van der Waals surface area (Å²) in [5, 5.41) is -4.01. The van der Waals surface area contributed by atoms with E-state index in [1.54, 1.807) is 34.9 Å². The first-order valence-corrected chi connectivity index (χ1v) is 28.4. The van der Waals surface area contributed by atoms with Gasteiger partial charge in [0.1, 0.15) is 5.82 Å². The third-order valence-electron chi connectivity index (χ3n) is 14.8. The van der Waals surface area contributed by atoms with Gasteiger partial charge in [-0.15, -0.1) is 29.7 Å². The SMILES string of the molecule is [2H]c1c(-c2cccc(-c3c([2H])c([2H])c([2H])c([Si](c4c([2H])c([2H])c([2H])c([2H])c4[2H])(c4c([2H])c([2H])c([2H])c([2H])c4[2H])c4c([2H])c([2H])c([2H])c([2H])c4[2H])c3[2H])c2-[n+]2[c-]n(-c3[c-]c(Oc4[c-]c5c(cc4)c4ccccc4n5-c4cc(C([2H])([2H])[2H])c(-c5c([2H])c([2H])c([2H])c([2H])c5[2H])cn4)ccc3)c3ccccc32)cc2c(c1[2H])C(C([2H])([2H])[2H])(C([2H])([2H])[2H])C([2H])([2H])C([2H])([2H])C2(C([2H])([2H])[2H])C([2H])([2H])[2H].[Pt]. The zero-order valence-corrected chi connectivity index (χ0v) is 48.3. The molecule has 14 aromatic rings. The Balaban J connectivity index is 0.0000142. The summed E-state index contributed by atoms with van der Waals surface area (Å²) in [6.45, 7) is -20.9. The van der Waals surface area contributed by atoms with E-state index < -0.39 is 294 Å². The molecule has 7 heteroatoms. The van der Waals surface area contributed by atoms with Gasteiger partial charge in [0.05, 0.1) is 52.4 Å². The molecule has 0 bridgehead atoms. The number of aromatic nitrogens is 4. The molecule has 5 nitrogen and oxygen atoms in total. The number of hydrogen-bond acceptors (Lipinski definition) is 2. The number of ether oxygens (including phenoxy) is 1. The Hall–Kier alpha value is -9.45. The molecule has 0 fully saturated rings. The van der Waals surface area contributed by atoms with Crippen molar-refractivity contribution in [1.29, 1.82) is 0 Å². The Kier molecular flexibility index (Phi) is 6.53. The van der Waals surface area contributed by atoms with Crippen LogP contribution in [-0.4, -0.2) is 22.2 Å². The summed E-state index contributed by atoms with van der Waals surface area (Å²) in [6, 6.07) is -0.925. The van der Waals surface area contributed by atoms with Crippen molar-refractivity contribution in [3.05, 3.63) is 308 Å². The van der Waals surface area contributed by atoms with Crippen LogP contribution < -0.4 is 30.1 Å². The van der Waals surface area contributed by atoms with Crippen molar-refractivity contribution < 1.29 is 92.1 Å². The Morgan fingerprint density at radius 1 is 0.545 bits per heavy atom. The molecule has 1 aliphatic rings. The minimum Gasteiger partial charge on any atom is -0.510 e. The van der Waals surface area contributed by atoms with Crippen molar-refractivity contribution >= 4 is 61.7 Å². The van der Waals surface area contributed by atoms with Crippen LogP contribution in [0.1, 0.15) is 119 Å². The second-order valence-corrected chi connectivity index (χ2v) is 23.3. The summed E-state index contributed by atoms with van der Waals surface area (Å²) < 4.78 is 429. The number of rotatable bonds is 12. The molecule has 430 valence electrons. The molecule has 0 radical (unpaired) electrons. The van der Waals surface area contributed by atoms with Crippen molar-refractivity contribution in [1.82, 2.24) is 14.1 Å². The normalized spacial score (nSPS) is 22.7. The number of fused-ring (bicyclic) bond motifs is 5. The Morgan fingerprint density at radius 3 is 1.86 bits per heavy atom. The minimum atomic E-state index is -6.72. The van der Waals surface area contributed by atoms with Gasteiger partial charge in [-0.3, -0.25) is 4.57 Å². The molecular formula is C81H64N4OPtSi-2. The first kappa shape index (κ1) is 25.3. The summed E-state index contributed by atoms with van der Waals surface area (Å²) in [5.41, 5.74) is -17.5. The molecule has 0 amide bonds. The van der Waals surface area contributed by atoms with E-state index in [1.807, 2.05) is 0 Å². The average molecular weight is 1380 g/mol. The molecule has 0 spiro atoms. The number of hydrogen-bond donors (Lipinski definition) is 0. The predicted molar refractivity (Wildman–Crippen MR) is 360 cm³/mol. The minimum absolute atomic E-state index is 0. The maximum Gasteiger partial charge on any atom is 0.268 e. The van der Waals surface area contributed by atoms with Gasteiger partial charge in [-0.25, -0.2) is 4.98 Å². The number of imidazole rings is 1. The van der Waals surface area contributed by atoms with Crippen molar-refractivity contribution in [3.63, 3.8) is 0 Å². The smallest absolute Gasteiger partial charge is 0.268 e. The van der Waals surface area contributed by atoms with Gasteiger partial charge >= 0.3 is 0 Å². The van der Waals surface area contributed by atoms with Gasteiger partial charge < -0.3 is 13.9 Å². The third-order valence-corrected chi connectivity index (χ3v) is 18.8. The van der Waals surface area contributed by atoms with Crippen molar-refractivity contribution in [2.45, 2.75) is 57.8 Å². The number of benzene rings is 11. The molecule has 0 unspecified atom stereocenters. The summed E-state index contributed by atoms with van der Waals surface area (Å²) in [4.78, 5) is 4.63. The van der Waals surface area contributed by atoms with Gasteiger partial charge in [0, 0.05) is 75.9 Å². The summed E-state index contributed by atoms with van der Waals surface area (Å²) in [5.74, 6) is -0.245. The Morgan fingerprint density at radius 2 is 1.16 bits per heavy atom. The molecule has 0 saturated carbocycles. The Labute approximate surface area is 594 Å². The zero-order valence-electron chi connectivity index (χ0n) is 90.0. The van der Waals surface area contributed by atoms with Gasteiger partial charge in [0.15, 0.2) is 8.07 Å². The quantitative estimate of drug-likeness (QED) is 0.0529. The van der Waals surface area contributed by atoms with Gasteiger partial charge in [0.2, 0.25) is 0 Å². The maximum absolute atomic E-state index is 11.0. The van der Waals surface area contributed by atoms with Crippen LogP contribution in [0.3, 0.4) is 0 Å². The van der Waals surface area contributed by atoms with Crippen LogP contribution in [0, 0.1) is 25.3 Å². The van der Waals surface area contributed by atoms with Gasteiger partial charge in [-0.05, 0) is 119 Å². The van der Waals surface area contributed by atoms with E-state index in [9.17, 15) is 38.4 Å². The van der Waals surface area contributed by atoms with E-state index in [1.165, 1.54) is 59.2 Å². The van der Waals surface area contributed by atoms with Crippen LogP contribution >= 0.6 is 0 Å². The van der Waals surface area contributed by atoms with E-state index in [0.717, 1.165) is 29.0 Å². The summed E-state index contributed by atoms with van der Waals surface area (Å²) >= 11 is 0. The van der Waals surface area contributed by atoms with Crippen LogP contribution in [0.25, 0.3) is 83.4 Å². The number of pyridine rings is 1. The molecule has 3 aromatic heterocycles. The first-order chi connectivity index (χ1) is 61.1. The molecule has 0 N–H and O–H groups in total. The van der Waals surface area contributed by atoms with Crippen molar-refractivity contribution in [3.8, 4) is 62.1 Å². The van der Waals surface area contributed by atoms with Gasteiger partial charge in [-0.1, -0.05) is 257 Å². The van der Waals surface area contributed by atoms with Gasteiger partial charge in [-0.2, -0.15) is 18.2 Å². The number of nitrogens with zero attached hydrogens (tertiary/aromatic N) is 4. The van der Waals surface area contributed by atoms with Crippen LogP contribution in [0.4, 0.5) is 0 Å². The fourth-order valence-corrected chi connectivity index (χ4v) is 14.5. The third kappa shape index (κ3) is 9.67. The fourth-order valence-electron chi connectivity index (χ4n) is 10.9. The molecule has 0 aliphatic heterocycles. The number of para-hydroxylation sites is 4. The predicted octanol–water partition coefficient (Wildman–Crippen LogP) is 16.6. The van der Waals surface area contributed by atoms with Crippen molar-refractivity contribution in [2.24, 2.45) is 0 Å². The standard InChI is InChI=1S/C81H64N4OSi.Pt/c1-56-49-78(82-54-71(56)57-25-10-6-11-26-57)85-74-40-19-18-37-69(74)70-45-44-62(53-77(70)85)86-61-29-23-28-60(52-61)83-55-84(76-42-21-20-41-75(76)83)79-67(38-24-39-68(79)59-43-46-72-73(51-59)81(4,5)48-47-80(72,2)3)58-27-22-36-66(50-58)87(63-30-12-7-13-31-63,64-32-14-8-15-33-64)65-34-16-9-17-35-65;/h6-46,49-51,54H,47-48H2,1-5H3;/q-2;/i1D3,2D3,3D3,4D3,5D3,6D,7D,8D,9D,10D,11D,12D,13D,14D,15D,16D,17D,22D,25D,26D,27D,30D,31D,32D,33D,34D,35D,36D,43D,46D,47D2,48D2,50D;. The van der Waals surface area contributed by atoms with Crippen LogP contribution in [0.2, 0.25) is 0 Å². The van der Waals surface area contributed by atoms with Crippen LogP contribution in [0.5, 0.6) is 11.5 Å². The molecule has 0 atom stereocenters. The van der Waals surface area contributed by atoms with E-state index >= 15 is 0 Å². The second kappa shape index (κ2) is 22.7. The maximum atomic E-state index is 11.0. The molecule has 15 rings (SSSR count). The molecule has 88 heavy (non-hydrogen) atoms. The summed E-state index contributed by atoms with van der Waals surface area (Å²) in [7, 11) is -6.72. The van der Waals surface area contributed by atoms with Gasteiger partial charge in [0.25, 0.3) is 6.33 Å². The molecule has 3 heterocycles. The largest absolute Gasteiger partial charge is 0.510 e. The average Bonchev–Trinajstić information content (AvgIpc) is 0.909. The topological polar surface area (TPSA) is 35.9 Å². The molecule has 0 saturated heterocycles. The van der Waals surface area contributed by atoms with Crippen LogP contribution in [-0.2, 0) is 31.9 Å². The Bertz CT molecular complexity index is 7040. The summed E-state index contributed by atoms with van der Waals surface area (Å²) in [6.07, 6.45) is -5.29. The molecular weight excluding hydrogens is 1270 g/mol. The van der Waals surface area contributed by atoms with Crippen LogP contribution in [0.15, 0.2) is 272 Å². The fraction of sp³-hybridized carbons (Fsp3) is 0.111. The number of aryl methyl sites for hydroxylation is 1. The van der Waals surface area contributed by atoms with E-state index in [0.29, 0.717) is 22.4 Å². The second-order valence-electron chi connectivity index (χ2n) is 19.8. The first-order valence-electron chi connectivity index (χ1n) is 48.9. The monoisotopic (exact) mass is 1380 g/mol. The molecule has 1 aliphatic carbocycles. The molecule has 11 aromatic carbocycles. The van der Waals surface area contributed by atoms with E-state index in [4.69, 9.17) is 28.0 Å². The van der Waals surface area contributed by atoms with E-state index in [2.05, 4.69) is 23.4 Å². The van der Waals surface area contributed by atoms with Crippen molar-refractivity contribution in [2.75, 3.05) is 0 Å². The van der Waals surface area contributed by atoms with E-state index in [-0.39, 0.29) is 66.2 Å². The zero-order chi connectivity index (χ0) is 97.6.